The van der Waals surface area contributed by atoms with E-state index in [9.17, 15) is 0 Å². The zero-order chi connectivity index (χ0) is 11.1. The van der Waals surface area contributed by atoms with Crippen LogP contribution in [0, 0.1) is 11.8 Å². The third kappa shape index (κ3) is 2.51. The number of hydrogen-bond acceptors (Lipinski definition) is 2. The topological polar surface area (TPSA) is 9.23 Å². The Morgan fingerprint density at radius 2 is 2.00 bits per heavy atom. The first-order chi connectivity index (χ1) is 6.99. The lowest BCUT2D eigenvalue weighted by Gasteiger charge is -2.33. The SMILES string of the molecule is CC(C)SO[Si](C)(C)C1CC2C=CC1C2. The first-order valence-corrected chi connectivity index (χ1v) is 9.81. The van der Waals surface area contributed by atoms with Gasteiger partial charge in [-0.3, -0.25) is 0 Å². The van der Waals surface area contributed by atoms with Gasteiger partial charge in [0.2, 0.25) is 8.32 Å². The highest BCUT2D eigenvalue weighted by molar-refractivity contribution is 7.96. The molecular weight excluding hydrogens is 220 g/mol. The molecule has 0 aromatic rings. The minimum atomic E-state index is -1.47. The van der Waals surface area contributed by atoms with Crippen LogP contribution in [0.2, 0.25) is 18.6 Å². The molecule has 0 saturated heterocycles. The molecule has 0 aliphatic heterocycles. The lowest BCUT2D eigenvalue weighted by Crippen LogP contribution is -2.36. The molecule has 0 heterocycles. The first-order valence-electron chi connectivity index (χ1n) is 6.02. The van der Waals surface area contributed by atoms with Gasteiger partial charge in [-0.15, -0.1) is 0 Å². The molecule has 0 N–H and O–H groups in total. The van der Waals surface area contributed by atoms with Gasteiger partial charge in [0.15, 0.2) is 0 Å². The molecule has 0 amide bonds. The zero-order valence-electron chi connectivity index (χ0n) is 10.2. The summed E-state index contributed by atoms with van der Waals surface area (Å²) in [6, 6.07) is 0. The summed E-state index contributed by atoms with van der Waals surface area (Å²) in [4.78, 5) is 0. The summed E-state index contributed by atoms with van der Waals surface area (Å²) in [6.07, 6.45) is 7.65. The molecule has 3 atom stereocenters. The molecule has 2 bridgehead atoms. The second-order valence-electron chi connectivity index (χ2n) is 5.72. The van der Waals surface area contributed by atoms with E-state index in [2.05, 4.69) is 39.1 Å². The van der Waals surface area contributed by atoms with Gasteiger partial charge in [-0.05, 0) is 55.4 Å². The molecule has 3 unspecified atom stereocenters. The minimum absolute atomic E-state index is 0.589. The highest BCUT2D eigenvalue weighted by Crippen LogP contribution is 2.52. The standard InChI is InChI=1S/C12H22OSSi/c1-9(2)14-13-15(3,4)12-8-10-5-6-11(12)7-10/h5-6,9-12H,7-8H2,1-4H3. The van der Waals surface area contributed by atoms with Crippen LogP contribution >= 0.6 is 12.0 Å². The molecule has 15 heavy (non-hydrogen) atoms. The summed E-state index contributed by atoms with van der Waals surface area (Å²) < 4.78 is 6.15. The molecule has 2 aliphatic rings. The van der Waals surface area contributed by atoms with Crippen LogP contribution in [0.25, 0.3) is 0 Å². The van der Waals surface area contributed by atoms with Crippen LogP contribution in [0.1, 0.15) is 26.7 Å². The van der Waals surface area contributed by atoms with Crippen LogP contribution in [0.5, 0.6) is 0 Å². The van der Waals surface area contributed by atoms with Crippen molar-refractivity contribution in [2.45, 2.75) is 50.6 Å². The molecule has 0 aromatic heterocycles. The summed E-state index contributed by atoms with van der Waals surface area (Å²) in [5.74, 6) is 1.71. The van der Waals surface area contributed by atoms with Crippen molar-refractivity contribution >= 4 is 20.4 Å². The Labute approximate surface area is 99.0 Å². The fourth-order valence-electron chi connectivity index (χ4n) is 2.86. The molecule has 2 rings (SSSR count). The Hall–Kier alpha value is 0.267. The van der Waals surface area contributed by atoms with Gasteiger partial charge in [-0.25, -0.2) is 0 Å². The summed E-state index contributed by atoms with van der Waals surface area (Å²) >= 11 is 1.69. The third-order valence-corrected chi connectivity index (χ3v) is 8.56. The molecule has 1 saturated carbocycles. The summed E-state index contributed by atoms with van der Waals surface area (Å²) in [6.45, 7) is 9.19. The lowest BCUT2D eigenvalue weighted by atomic mass is 10.1. The largest absolute Gasteiger partial charge is 0.357 e. The average Bonchev–Trinajstić information content (AvgIpc) is 2.76. The number of hydrogen-bond donors (Lipinski definition) is 0. The fraction of sp³-hybridized carbons (Fsp3) is 0.833. The predicted molar refractivity (Wildman–Crippen MR) is 70.4 cm³/mol. The normalized spacial score (nSPS) is 34.3. The van der Waals surface area contributed by atoms with Crippen molar-refractivity contribution in [3.05, 3.63) is 12.2 Å². The van der Waals surface area contributed by atoms with Gasteiger partial charge in [0.1, 0.15) is 0 Å². The smallest absolute Gasteiger partial charge is 0.209 e. The summed E-state index contributed by atoms with van der Waals surface area (Å²) in [5.41, 5.74) is 0.860. The number of rotatable bonds is 4. The average molecular weight is 242 g/mol. The Morgan fingerprint density at radius 1 is 1.27 bits per heavy atom. The van der Waals surface area contributed by atoms with E-state index < -0.39 is 8.32 Å². The predicted octanol–water partition coefficient (Wildman–Crippen LogP) is 4.23. The van der Waals surface area contributed by atoms with E-state index in [0.717, 1.165) is 17.4 Å². The molecule has 0 radical (unpaired) electrons. The summed E-state index contributed by atoms with van der Waals surface area (Å²) in [5, 5.41) is 0.589. The van der Waals surface area contributed by atoms with E-state index in [1.807, 2.05) is 0 Å². The van der Waals surface area contributed by atoms with Crippen LogP contribution in [0.15, 0.2) is 12.2 Å². The summed E-state index contributed by atoms with van der Waals surface area (Å²) in [7, 11) is -1.47. The molecule has 2 aliphatic carbocycles. The van der Waals surface area contributed by atoms with Gasteiger partial charge in [-0.1, -0.05) is 26.0 Å². The van der Waals surface area contributed by atoms with Gasteiger partial charge in [0.05, 0.1) is 0 Å². The number of allylic oxidation sites excluding steroid dienone is 2. The van der Waals surface area contributed by atoms with Gasteiger partial charge in [0, 0.05) is 5.25 Å². The van der Waals surface area contributed by atoms with Crippen molar-refractivity contribution in [3.63, 3.8) is 0 Å². The van der Waals surface area contributed by atoms with Gasteiger partial charge >= 0.3 is 0 Å². The van der Waals surface area contributed by atoms with Gasteiger partial charge in [0.25, 0.3) is 0 Å². The van der Waals surface area contributed by atoms with Crippen molar-refractivity contribution in [1.82, 2.24) is 0 Å². The van der Waals surface area contributed by atoms with Gasteiger partial charge in [-0.2, -0.15) is 0 Å². The maximum atomic E-state index is 6.15. The van der Waals surface area contributed by atoms with E-state index >= 15 is 0 Å². The molecule has 86 valence electrons. The molecule has 0 aromatic carbocycles. The second kappa shape index (κ2) is 4.26. The monoisotopic (exact) mass is 242 g/mol. The van der Waals surface area contributed by atoms with E-state index in [0.29, 0.717) is 5.25 Å². The fourth-order valence-corrected chi connectivity index (χ4v) is 7.27. The Morgan fingerprint density at radius 3 is 2.47 bits per heavy atom. The van der Waals surface area contributed by atoms with Crippen molar-refractivity contribution in [3.8, 4) is 0 Å². The number of fused-ring (bicyclic) bond motifs is 2. The Balaban J connectivity index is 1.94. The molecule has 0 spiro atoms. The van der Waals surface area contributed by atoms with Crippen molar-refractivity contribution in [2.75, 3.05) is 0 Å². The highest BCUT2D eigenvalue weighted by atomic mass is 32.2. The van der Waals surface area contributed by atoms with E-state index in [4.69, 9.17) is 3.87 Å². The van der Waals surface area contributed by atoms with Crippen molar-refractivity contribution < 1.29 is 3.87 Å². The van der Waals surface area contributed by atoms with E-state index in [-0.39, 0.29) is 0 Å². The lowest BCUT2D eigenvalue weighted by molar-refractivity contribution is 0.549. The second-order valence-corrected chi connectivity index (χ2v) is 11.5. The molecule has 1 fully saturated rings. The highest BCUT2D eigenvalue weighted by Gasteiger charge is 2.46. The van der Waals surface area contributed by atoms with Crippen molar-refractivity contribution in [2.24, 2.45) is 11.8 Å². The van der Waals surface area contributed by atoms with E-state index in [1.165, 1.54) is 12.8 Å². The van der Waals surface area contributed by atoms with Crippen LogP contribution < -0.4 is 0 Å². The Kier molecular flexibility index (Phi) is 3.34. The Bertz CT molecular complexity index is 262. The maximum Gasteiger partial charge on any atom is 0.209 e. The first kappa shape index (κ1) is 11.7. The van der Waals surface area contributed by atoms with Crippen LogP contribution in [-0.4, -0.2) is 13.6 Å². The third-order valence-electron chi connectivity index (χ3n) is 3.63. The molecule has 1 nitrogen and oxygen atoms in total. The van der Waals surface area contributed by atoms with Gasteiger partial charge < -0.3 is 3.87 Å². The van der Waals surface area contributed by atoms with Crippen LogP contribution in [0.3, 0.4) is 0 Å². The maximum absolute atomic E-state index is 6.15. The molecule has 3 heteroatoms. The minimum Gasteiger partial charge on any atom is -0.357 e. The zero-order valence-corrected chi connectivity index (χ0v) is 12.0. The van der Waals surface area contributed by atoms with E-state index in [1.54, 1.807) is 12.0 Å². The molecular formula is C12H22OSSi. The van der Waals surface area contributed by atoms with Crippen molar-refractivity contribution in [1.29, 1.82) is 0 Å². The van der Waals surface area contributed by atoms with Crippen LogP contribution in [0.4, 0.5) is 0 Å². The van der Waals surface area contributed by atoms with Crippen LogP contribution in [-0.2, 0) is 3.87 Å². The quantitative estimate of drug-likeness (QED) is 0.414.